The summed E-state index contributed by atoms with van der Waals surface area (Å²) in [6.45, 7) is 4.38. The van der Waals surface area contributed by atoms with Crippen molar-refractivity contribution in [2.24, 2.45) is 5.92 Å². The first-order chi connectivity index (χ1) is 9.23. The van der Waals surface area contributed by atoms with Crippen LogP contribution in [0.4, 0.5) is 0 Å². The maximum atomic E-state index is 12.3. The lowest BCUT2D eigenvalue weighted by Crippen LogP contribution is -2.30. The quantitative estimate of drug-likeness (QED) is 0.835. The van der Waals surface area contributed by atoms with Crippen molar-refractivity contribution >= 4 is 16.0 Å². The molecule has 1 aromatic rings. The molecule has 0 saturated carbocycles. The molecule has 0 atom stereocenters. The molecule has 0 unspecified atom stereocenters. The van der Waals surface area contributed by atoms with Crippen LogP contribution in [0.25, 0.3) is 0 Å². The lowest BCUT2D eigenvalue weighted by atomic mass is 10.1. The second-order valence-electron chi connectivity index (χ2n) is 5.22. The van der Waals surface area contributed by atoms with Crippen LogP contribution in [0.1, 0.15) is 25.8 Å². The highest BCUT2D eigenvalue weighted by Crippen LogP contribution is 2.17. The number of hydrogen-bond acceptors (Lipinski definition) is 3. The van der Waals surface area contributed by atoms with Gasteiger partial charge >= 0.3 is 5.97 Å². The molecule has 1 N–H and O–H groups in total. The maximum Gasteiger partial charge on any atom is 0.303 e. The van der Waals surface area contributed by atoms with E-state index in [9.17, 15) is 13.2 Å². The normalized spacial score (nSPS) is 12.1. The monoisotopic (exact) mass is 299 g/mol. The topological polar surface area (TPSA) is 74.7 Å². The summed E-state index contributed by atoms with van der Waals surface area (Å²) in [6.07, 6.45) is 0.441. The molecule has 0 heterocycles. The minimum atomic E-state index is -3.47. The Balaban J connectivity index is 2.84. The Morgan fingerprint density at radius 3 is 2.25 bits per heavy atom. The standard InChI is InChI=1S/C14H21NO4S/c1-11(2)10-15(3)20(18,19)13-7-4-12(5-8-13)6-9-14(16)17/h4-5,7-8,11H,6,9-10H2,1-3H3,(H,16,17). The van der Waals surface area contributed by atoms with Crippen molar-refractivity contribution in [2.75, 3.05) is 13.6 Å². The number of carbonyl (C=O) groups is 1. The zero-order chi connectivity index (χ0) is 15.3. The molecule has 1 rings (SSSR count). The summed E-state index contributed by atoms with van der Waals surface area (Å²) in [6, 6.07) is 6.39. The molecule has 0 aromatic heterocycles. The van der Waals surface area contributed by atoms with E-state index < -0.39 is 16.0 Å². The highest BCUT2D eigenvalue weighted by molar-refractivity contribution is 7.89. The second kappa shape index (κ2) is 6.85. The van der Waals surface area contributed by atoms with Crippen LogP contribution in [0, 0.1) is 5.92 Å². The van der Waals surface area contributed by atoms with Gasteiger partial charge in [-0.25, -0.2) is 12.7 Å². The maximum absolute atomic E-state index is 12.3. The van der Waals surface area contributed by atoms with E-state index in [4.69, 9.17) is 5.11 Å². The van der Waals surface area contributed by atoms with Crippen molar-refractivity contribution in [3.05, 3.63) is 29.8 Å². The van der Waals surface area contributed by atoms with Gasteiger partial charge in [-0.2, -0.15) is 0 Å². The Morgan fingerprint density at radius 2 is 1.80 bits per heavy atom. The summed E-state index contributed by atoms with van der Waals surface area (Å²) in [4.78, 5) is 10.7. The van der Waals surface area contributed by atoms with Gasteiger partial charge in [0.15, 0.2) is 0 Å². The number of carboxylic acids is 1. The molecule has 20 heavy (non-hydrogen) atoms. The van der Waals surface area contributed by atoms with E-state index in [0.29, 0.717) is 13.0 Å². The SMILES string of the molecule is CC(C)CN(C)S(=O)(=O)c1ccc(CCC(=O)O)cc1. The van der Waals surface area contributed by atoms with Crippen LogP contribution >= 0.6 is 0 Å². The molecule has 0 spiro atoms. The molecule has 5 nitrogen and oxygen atoms in total. The third-order valence-corrected chi connectivity index (χ3v) is 4.72. The van der Waals surface area contributed by atoms with Crippen molar-refractivity contribution in [1.82, 2.24) is 4.31 Å². The van der Waals surface area contributed by atoms with E-state index in [-0.39, 0.29) is 17.2 Å². The Morgan fingerprint density at radius 1 is 1.25 bits per heavy atom. The fraction of sp³-hybridized carbons (Fsp3) is 0.500. The Kier molecular flexibility index (Phi) is 5.71. The molecule has 112 valence electrons. The number of aryl methyl sites for hydroxylation is 1. The van der Waals surface area contributed by atoms with Crippen molar-refractivity contribution in [1.29, 1.82) is 0 Å². The van der Waals surface area contributed by atoms with Crippen molar-refractivity contribution in [3.8, 4) is 0 Å². The number of rotatable bonds is 7. The number of nitrogens with zero attached hydrogens (tertiary/aromatic N) is 1. The molecule has 0 aliphatic heterocycles. The Bertz CT molecular complexity index is 549. The predicted octanol–water partition coefficient (Wildman–Crippen LogP) is 1.98. The third-order valence-electron chi connectivity index (χ3n) is 2.88. The second-order valence-corrected chi connectivity index (χ2v) is 7.26. The summed E-state index contributed by atoms with van der Waals surface area (Å²) < 4.78 is 25.9. The first kappa shape index (κ1) is 16.7. The van der Waals surface area contributed by atoms with Crippen LogP contribution in [0.3, 0.4) is 0 Å². The largest absolute Gasteiger partial charge is 0.481 e. The molecular formula is C14H21NO4S. The molecule has 0 radical (unpaired) electrons. The fourth-order valence-corrected chi connectivity index (χ4v) is 3.21. The first-order valence-corrected chi connectivity index (χ1v) is 7.94. The van der Waals surface area contributed by atoms with Crippen molar-refractivity contribution in [3.63, 3.8) is 0 Å². The van der Waals surface area contributed by atoms with E-state index in [1.165, 1.54) is 16.4 Å². The molecule has 0 amide bonds. The van der Waals surface area contributed by atoms with E-state index in [2.05, 4.69) is 0 Å². The van der Waals surface area contributed by atoms with Gasteiger partial charge in [-0.1, -0.05) is 26.0 Å². The zero-order valence-corrected chi connectivity index (χ0v) is 12.9. The summed E-state index contributed by atoms with van der Waals surface area (Å²) in [7, 11) is -1.90. The predicted molar refractivity (Wildman–Crippen MR) is 77.1 cm³/mol. The van der Waals surface area contributed by atoms with Gasteiger partial charge in [-0.05, 0) is 30.0 Å². The van der Waals surface area contributed by atoms with Gasteiger partial charge in [0.05, 0.1) is 4.90 Å². The summed E-state index contributed by atoms with van der Waals surface area (Å²) in [5.74, 6) is -0.608. The molecule has 0 aliphatic carbocycles. The molecule has 0 aliphatic rings. The zero-order valence-electron chi connectivity index (χ0n) is 12.0. The van der Waals surface area contributed by atoms with Gasteiger partial charge in [0, 0.05) is 20.0 Å². The molecular weight excluding hydrogens is 278 g/mol. The summed E-state index contributed by atoms with van der Waals surface area (Å²) >= 11 is 0. The van der Waals surface area contributed by atoms with E-state index >= 15 is 0 Å². The molecule has 6 heteroatoms. The molecule has 0 saturated heterocycles. The van der Waals surface area contributed by atoms with Gasteiger partial charge in [-0.3, -0.25) is 4.79 Å². The van der Waals surface area contributed by atoms with Crippen molar-refractivity contribution < 1.29 is 18.3 Å². The minimum absolute atomic E-state index is 0.0410. The van der Waals surface area contributed by atoms with E-state index in [0.717, 1.165) is 5.56 Å². The highest BCUT2D eigenvalue weighted by Gasteiger charge is 2.21. The number of aliphatic carboxylic acids is 1. The van der Waals surface area contributed by atoms with E-state index in [1.807, 2.05) is 13.8 Å². The van der Waals surface area contributed by atoms with Crippen molar-refractivity contribution in [2.45, 2.75) is 31.6 Å². The lowest BCUT2D eigenvalue weighted by Gasteiger charge is -2.19. The first-order valence-electron chi connectivity index (χ1n) is 6.50. The van der Waals surface area contributed by atoms with E-state index in [1.54, 1.807) is 19.2 Å². The Hall–Kier alpha value is -1.40. The van der Waals surface area contributed by atoms with Gasteiger partial charge in [0.2, 0.25) is 10.0 Å². The smallest absolute Gasteiger partial charge is 0.303 e. The number of hydrogen-bond donors (Lipinski definition) is 1. The van der Waals surface area contributed by atoms with Crippen LogP contribution < -0.4 is 0 Å². The highest BCUT2D eigenvalue weighted by atomic mass is 32.2. The molecule has 0 fully saturated rings. The van der Waals surface area contributed by atoms with Gasteiger partial charge in [0.25, 0.3) is 0 Å². The molecule has 1 aromatic carbocycles. The average molecular weight is 299 g/mol. The van der Waals surface area contributed by atoms with Crippen LogP contribution in [-0.4, -0.2) is 37.4 Å². The number of sulfonamides is 1. The summed E-state index contributed by atoms with van der Waals surface area (Å²) in [5.41, 5.74) is 0.817. The van der Waals surface area contributed by atoms with Gasteiger partial charge in [0.1, 0.15) is 0 Å². The van der Waals surface area contributed by atoms with Gasteiger partial charge < -0.3 is 5.11 Å². The fourth-order valence-electron chi connectivity index (χ4n) is 1.87. The number of benzene rings is 1. The third kappa shape index (κ3) is 4.61. The van der Waals surface area contributed by atoms with Gasteiger partial charge in [-0.15, -0.1) is 0 Å². The molecule has 0 bridgehead atoms. The number of carboxylic acid groups (broad SMARTS) is 1. The van der Waals surface area contributed by atoms with Crippen LogP contribution in [-0.2, 0) is 21.2 Å². The summed E-state index contributed by atoms with van der Waals surface area (Å²) in [5, 5.41) is 8.61. The van der Waals surface area contributed by atoms with Crippen LogP contribution in [0.2, 0.25) is 0 Å². The minimum Gasteiger partial charge on any atom is -0.481 e. The van der Waals surface area contributed by atoms with Crippen LogP contribution in [0.15, 0.2) is 29.2 Å². The average Bonchev–Trinajstić information content (AvgIpc) is 2.36. The Labute approximate surface area is 120 Å². The lowest BCUT2D eigenvalue weighted by molar-refractivity contribution is -0.136. The van der Waals surface area contributed by atoms with Crippen LogP contribution in [0.5, 0.6) is 0 Å².